The van der Waals surface area contributed by atoms with Crippen LogP contribution in [0.15, 0.2) is 53.4 Å². The lowest BCUT2D eigenvalue weighted by Crippen LogP contribution is -2.29. The van der Waals surface area contributed by atoms with Crippen LogP contribution in [0.2, 0.25) is 0 Å². The summed E-state index contributed by atoms with van der Waals surface area (Å²) in [6.07, 6.45) is 1.86. The maximum atomic E-state index is 12.8. The molecule has 1 aliphatic carbocycles. The number of nitrogens with one attached hydrogen (secondary N) is 1. The van der Waals surface area contributed by atoms with Gasteiger partial charge >= 0.3 is 0 Å². The Morgan fingerprint density at radius 1 is 1.14 bits per heavy atom. The molecule has 0 aromatic heterocycles. The molecule has 2 aromatic rings. The van der Waals surface area contributed by atoms with Crippen LogP contribution in [-0.4, -0.2) is 32.2 Å². The van der Waals surface area contributed by atoms with Gasteiger partial charge in [0.1, 0.15) is 0 Å². The topological polar surface area (TPSA) is 110 Å². The van der Waals surface area contributed by atoms with Gasteiger partial charge in [-0.15, -0.1) is 0 Å². The first-order chi connectivity index (χ1) is 13.2. The number of anilines is 1. The van der Waals surface area contributed by atoms with Gasteiger partial charge in [0.25, 0.3) is 5.91 Å². The quantitative estimate of drug-likeness (QED) is 0.775. The molecular weight excluding hydrogens is 378 g/mol. The van der Waals surface area contributed by atoms with Crippen LogP contribution in [0.4, 0.5) is 5.69 Å². The predicted octanol–water partition coefficient (Wildman–Crippen LogP) is 2.52. The van der Waals surface area contributed by atoms with Crippen molar-refractivity contribution in [3.05, 3.63) is 59.7 Å². The fourth-order valence-corrected chi connectivity index (χ4v) is 3.41. The molecule has 2 aromatic carbocycles. The lowest BCUT2D eigenvalue weighted by molar-refractivity contribution is -0.117. The van der Waals surface area contributed by atoms with Gasteiger partial charge < -0.3 is 10.2 Å². The van der Waals surface area contributed by atoms with Gasteiger partial charge in [-0.3, -0.25) is 9.59 Å². The first kappa shape index (κ1) is 20.0. The zero-order valence-electron chi connectivity index (χ0n) is 15.8. The van der Waals surface area contributed by atoms with E-state index < -0.39 is 10.0 Å². The molecule has 0 spiro atoms. The Kier molecular flexibility index (Phi) is 5.53. The summed E-state index contributed by atoms with van der Waals surface area (Å²) < 4.78 is 23.1. The van der Waals surface area contributed by atoms with Crippen molar-refractivity contribution in [1.82, 2.24) is 4.90 Å². The van der Waals surface area contributed by atoms with Gasteiger partial charge in [0, 0.05) is 24.2 Å². The van der Waals surface area contributed by atoms with Gasteiger partial charge in [0.05, 0.1) is 10.9 Å². The Bertz CT molecular complexity index is 998. The standard InChI is InChI=1S/C20H23N3O4S/c1-13(16-4-3-5-18(12-16)28(21,26)27)23(2)20(25)15-8-10-17(11-9-15)22-19(24)14-6-7-14/h3-5,8-14H,6-7H2,1-2H3,(H,22,24)(H2,21,26,27). The third-order valence-corrected chi connectivity index (χ3v) is 5.83. The number of sulfonamides is 1. The molecule has 3 N–H and O–H groups in total. The lowest BCUT2D eigenvalue weighted by atomic mass is 10.1. The van der Waals surface area contributed by atoms with Crippen LogP contribution < -0.4 is 10.5 Å². The third kappa shape index (κ3) is 4.58. The monoisotopic (exact) mass is 401 g/mol. The van der Waals surface area contributed by atoms with Crippen LogP contribution in [0, 0.1) is 5.92 Å². The average molecular weight is 401 g/mol. The minimum Gasteiger partial charge on any atom is -0.335 e. The molecule has 8 heteroatoms. The maximum Gasteiger partial charge on any atom is 0.254 e. The molecule has 0 aliphatic heterocycles. The molecule has 1 unspecified atom stereocenters. The van der Waals surface area contributed by atoms with Crippen LogP contribution >= 0.6 is 0 Å². The van der Waals surface area contributed by atoms with E-state index in [9.17, 15) is 18.0 Å². The molecule has 148 valence electrons. The SMILES string of the molecule is CC(c1cccc(S(N)(=O)=O)c1)N(C)C(=O)c1ccc(NC(=O)C2CC2)cc1. The number of nitrogens with two attached hydrogens (primary N) is 1. The second-order valence-corrected chi connectivity index (χ2v) is 8.61. The lowest BCUT2D eigenvalue weighted by Gasteiger charge is -2.26. The molecule has 2 amide bonds. The smallest absolute Gasteiger partial charge is 0.254 e. The van der Waals surface area contributed by atoms with Crippen LogP contribution in [-0.2, 0) is 14.8 Å². The molecule has 0 bridgehead atoms. The van der Waals surface area contributed by atoms with Crippen molar-refractivity contribution < 1.29 is 18.0 Å². The van der Waals surface area contributed by atoms with Crippen LogP contribution in [0.1, 0.15) is 41.7 Å². The summed E-state index contributed by atoms with van der Waals surface area (Å²) in [5.74, 6) is -0.0884. The third-order valence-electron chi connectivity index (χ3n) is 4.92. The van der Waals surface area contributed by atoms with Gasteiger partial charge in [0.15, 0.2) is 0 Å². The summed E-state index contributed by atoms with van der Waals surface area (Å²) in [5.41, 5.74) is 1.79. The molecule has 1 atom stereocenters. The highest BCUT2D eigenvalue weighted by molar-refractivity contribution is 7.89. The number of benzene rings is 2. The summed E-state index contributed by atoms with van der Waals surface area (Å²) in [6, 6.07) is 12.6. The van der Waals surface area contributed by atoms with Crippen molar-refractivity contribution in [1.29, 1.82) is 0 Å². The average Bonchev–Trinajstić information content (AvgIpc) is 3.51. The molecule has 7 nitrogen and oxygen atoms in total. The number of hydrogen-bond donors (Lipinski definition) is 2. The van der Waals surface area contributed by atoms with E-state index in [4.69, 9.17) is 5.14 Å². The van der Waals surface area contributed by atoms with E-state index in [2.05, 4.69) is 5.32 Å². The Morgan fingerprint density at radius 3 is 2.36 bits per heavy atom. The Labute approximate surface area is 164 Å². The molecule has 1 aliphatic rings. The van der Waals surface area contributed by atoms with E-state index >= 15 is 0 Å². The van der Waals surface area contributed by atoms with Crippen molar-refractivity contribution >= 4 is 27.5 Å². The van der Waals surface area contributed by atoms with E-state index in [1.807, 2.05) is 6.92 Å². The highest BCUT2D eigenvalue weighted by Crippen LogP contribution is 2.30. The summed E-state index contributed by atoms with van der Waals surface area (Å²) in [7, 11) is -2.16. The maximum absolute atomic E-state index is 12.8. The minimum atomic E-state index is -3.81. The van der Waals surface area contributed by atoms with E-state index in [1.54, 1.807) is 43.4 Å². The Balaban J connectivity index is 1.72. The highest BCUT2D eigenvalue weighted by atomic mass is 32.2. The van der Waals surface area contributed by atoms with Gasteiger partial charge in [0.2, 0.25) is 15.9 Å². The number of amides is 2. The first-order valence-electron chi connectivity index (χ1n) is 8.97. The van der Waals surface area contributed by atoms with E-state index in [0.29, 0.717) is 16.8 Å². The fourth-order valence-electron chi connectivity index (χ4n) is 2.84. The Morgan fingerprint density at radius 2 is 1.79 bits per heavy atom. The van der Waals surface area contributed by atoms with Gasteiger partial charge in [-0.2, -0.15) is 0 Å². The van der Waals surface area contributed by atoms with Crippen molar-refractivity contribution in [3.63, 3.8) is 0 Å². The van der Waals surface area contributed by atoms with Crippen molar-refractivity contribution in [3.8, 4) is 0 Å². The highest BCUT2D eigenvalue weighted by Gasteiger charge is 2.29. The van der Waals surface area contributed by atoms with Gasteiger partial charge in [-0.25, -0.2) is 13.6 Å². The van der Waals surface area contributed by atoms with E-state index in [1.165, 1.54) is 17.0 Å². The van der Waals surface area contributed by atoms with Crippen LogP contribution in [0.3, 0.4) is 0 Å². The van der Waals surface area contributed by atoms with Crippen LogP contribution in [0.25, 0.3) is 0 Å². The fraction of sp³-hybridized carbons (Fsp3) is 0.300. The zero-order valence-corrected chi connectivity index (χ0v) is 16.6. The Hall–Kier alpha value is -2.71. The molecule has 1 saturated carbocycles. The summed E-state index contributed by atoms with van der Waals surface area (Å²) in [6.45, 7) is 1.81. The largest absolute Gasteiger partial charge is 0.335 e. The van der Waals surface area contributed by atoms with Crippen molar-refractivity contribution in [2.45, 2.75) is 30.7 Å². The minimum absolute atomic E-state index is 0.00783. The second kappa shape index (κ2) is 7.73. The molecule has 3 rings (SSSR count). The van der Waals surface area contributed by atoms with E-state index in [0.717, 1.165) is 12.8 Å². The van der Waals surface area contributed by atoms with Gasteiger partial charge in [-0.1, -0.05) is 12.1 Å². The number of primary sulfonamides is 1. The number of carbonyl (C=O) groups excluding carboxylic acids is 2. The summed E-state index contributed by atoms with van der Waals surface area (Å²) in [4.78, 5) is 26.1. The second-order valence-electron chi connectivity index (χ2n) is 7.05. The van der Waals surface area contributed by atoms with Crippen molar-refractivity contribution in [2.75, 3.05) is 12.4 Å². The predicted molar refractivity (Wildman–Crippen MR) is 106 cm³/mol. The van der Waals surface area contributed by atoms with Crippen molar-refractivity contribution in [2.24, 2.45) is 11.1 Å². The van der Waals surface area contributed by atoms with Crippen LogP contribution in [0.5, 0.6) is 0 Å². The van der Waals surface area contributed by atoms with Gasteiger partial charge in [-0.05, 0) is 61.7 Å². The molecule has 0 saturated heterocycles. The summed E-state index contributed by atoms with van der Waals surface area (Å²) in [5, 5.41) is 8.02. The number of hydrogen-bond acceptors (Lipinski definition) is 4. The molecule has 0 heterocycles. The normalized spacial score (nSPS) is 15.0. The number of carbonyl (C=O) groups is 2. The number of nitrogens with zero attached hydrogens (tertiary/aromatic N) is 1. The summed E-state index contributed by atoms with van der Waals surface area (Å²) >= 11 is 0. The van der Waals surface area contributed by atoms with E-state index in [-0.39, 0.29) is 28.7 Å². The molecule has 0 radical (unpaired) electrons. The number of rotatable bonds is 6. The molecule has 1 fully saturated rings. The zero-order chi connectivity index (χ0) is 20.5. The molecule has 28 heavy (non-hydrogen) atoms. The first-order valence-corrected chi connectivity index (χ1v) is 10.5. The molecular formula is C20H23N3O4S.